The van der Waals surface area contributed by atoms with Crippen LogP contribution in [0.5, 0.6) is 0 Å². The van der Waals surface area contributed by atoms with Gasteiger partial charge in [-0.2, -0.15) is 0 Å². The summed E-state index contributed by atoms with van der Waals surface area (Å²) >= 11 is 3.37. The highest BCUT2D eigenvalue weighted by Gasteiger charge is 2.17. The highest BCUT2D eigenvalue weighted by atomic mass is 79.9. The summed E-state index contributed by atoms with van der Waals surface area (Å²) in [6.45, 7) is 5.31. The van der Waals surface area contributed by atoms with E-state index in [-0.39, 0.29) is 11.8 Å². The number of pyridine rings is 1. The van der Waals surface area contributed by atoms with E-state index in [2.05, 4.69) is 36.9 Å². The maximum atomic E-state index is 12.3. The normalized spacial score (nSPS) is 10.9. The number of hydrogen-bond donors (Lipinski definition) is 3. The number of anilines is 3. The Kier molecular flexibility index (Phi) is 9.64. The maximum Gasteiger partial charge on any atom is 0.412 e. The van der Waals surface area contributed by atoms with Gasteiger partial charge in [0.2, 0.25) is 11.8 Å². The third-order valence-corrected chi connectivity index (χ3v) is 4.64. The zero-order valence-electron chi connectivity index (χ0n) is 18.5. The summed E-state index contributed by atoms with van der Waals surface area (Å²) in [5, 5.41) is 8.23. The van der Waals surface area contributed by atoms with Crippen LogP contribution in [0.25, 0.3) is 0 Å². The lowest BCUT2D eigenvalue weighted by Crippen LogP contribution is -2.27. The molecule has 0 atom stereocenters. The maximum absolute atomic E-state index is 12.3. The van der Waals surface area contributed by atoms with Crippen LogP contribution < -0.4 is 16.0 Å². The number of amides is 3. The van der Waals surface area contributed by atoms with Gasteiger partial charge in [0.15, 0.2) is 0 Å². The van der Waals surface area contributed by atoms with Crippen LogP contribution in [0.2, 0.25) is 0 Å². The van der Waals surface area contributed by atoms with Crippen LogP contribution in [0.15, 0.2) is 47.2 Å². The number of benzene rings is 1. The molecule has 0 radical (unpaired) electrons. The molecule has 1 heterocycles. The number of carbonyl (C=O) groups excluding carboxylic acids is 3. The van der Waals surface area contributed by atoms with E-state index < -0.39 is 11.7 Å². The monoisotopic (exact) mass is 504 g/mol. The zero-order chi connectivity index (χ0) is 23.6. The summed E-state index contributed by atoms with van der Waals surface area (Å²) in [7, 11) is 0. The van der Waals surface area contributed by atoms with Crippen LogP contribution in [-0.4, -0.2) is 28.5 Å². The number of rotatable bonds is 9. The molecule has 32 heavy (non-hydrogen) atoms. The average molecular weight is 505 g/mol. The van der Waals surface area contributed by atoms with E-state index in [9.17, 15) is 14.4 Å². The fraction of sp³-hybridized carbons (Fsp3) is 0.391. The fourth-order valence-corrected chi connectivity index (χ4v) is 3.17. The Morgan fingerprint density at radius 3 is 2.28 bits per heavy atom. The van der Waals surface area contributed by atoms with Gasteiger partial charge in [0, 0.05) is 29.2 Å². The number of nitrogens with zero attached hydrogens (tertiary/aromatic N) is 1. The van der Waals surface area contributed by atoms with Gasteiger partial charge in [0.1, 0.15) is 5.60 Å². The molecule has 0 aliphatic heterocycles. The first kappa shape index (κ1) is 25.3. The molecule has 2 rings (SSSR count). The summed E-state index contributed by atoms with van der Waals surface area (Å²) in [6.07, 6.45) is 5.14. The van der Waals surface area contributed by atoms with Gasteiger partial charge in [0.05, 0.1) is 17.6 Å². The third-order valence-electron chi connectivity index (χ3n) is 4.15. The summed E-state index contributed by atoms with van der Waals surface area (Å²) in [6, 6.07) is 9.01. The summed E-state index contributed by atoms with van der Waals surface area (Å²) < 4.78 is 6.14. The number of hydrogen-bond acceptors (Lipinski definition) is 5. The summed E-state index contributed by atoms with van der Waals surface area (Å²) in [5.41, 5.74) is 0.926. The molecule has 0 spiro atoms. The molecule has 9 heteroatoms. The molecule has 3 amide bonds. The van der Waals surface area contributed by atoms with Crippen molar-refractivity contribution in [2.75, 3.05) is 16.0 Å². The minimum absolute atomic E-state index is 0.0548. The van der Waals surface area contributed by atoms with Crippen molar-refractivity contribution in [2.45, 2.75) is 58.5 Å². The highest BCUT2D eigenvalue weighted by molar-refractivity contribution is 9.10. The average Bonchev–Trinajstić information content (AvgIpc) is 2.68. The smallest absolute Gasteiger partial charge is 0.412 e. The molecule has 8 nitrogen and oxygen atoms in total. The molecule has 1 aromatic carbocycles. The Morgan fingerprint density at radius 2 is 1.62 bits per heavy atom. The number of halogens is 1. The van der Waals surface area contributed by atoms with Crippen molar-refractivity contribution in [1.29, 1.82) is 0 Å². The van der Waals surface area contributed by atoms with E-state index in [4.69, 9.17) is 4.74 Å². The van der Waals surface area contributed by atoms with Gasteiger partial charge in [-0.1, -0.05) is 28.4 Å². The van der Waals surface area contributed by atoms with Gasteiger partial charge in [-0.3, -0.25) is 19.9 Å². The second-order valence-electron chi connectivity index (χ2n) is 8.22. The molecule has 0 bridgehead atoms. The topological polar surface area (TPSA) is 109 Å². The zero-order valence-corrected chi connectivity index (χ0v) is 20.1. The molecule has 0 aliphatic carbocycles. The minimum atomic E-state index is -0.630. The number of nitrogens with one attached hydrogen (secondary N) is 3. The molecule has 3 N–H and O–H groups in total. The summed E-state index contributed by atoms with van der Waals surface area (Å²) in [5.74, 6) is -0.246. The van der Waals surface area contributed by atoms with Crippen molar-refractivity contribution in [3.63, 3.8) is 0 Å². The fourth-order valence-electron chi connectivity index (χ4n) is 2.77. The first-order chi connectivity index (χ1) is 15.1. The van der Waals surface area contributed by atoms with E-state index in [1.165, 1.54) is 12.4 Å². The van der Waals surface area contributed by atoms with Crippen LogP contribution in [0.3, 0.4) is 0 Å². The van der Waals surface area contributed by atoms with Gasteiger partial charge in [-0.25, -0.2) is 4.79 Å². The minimum Gasteiger partial charge on any atom is -0.444 e. The lowest BCUT2D eigenvalue weighted by atomic mass is 10.1. The van der Waals surface area contributed by atoms with E-state index in [0.29, 0.717) is 37.1 Å². The lowest BCUT2D eigenvalue weighted by Gasteiger charge is -2.20. The van der Waals surface area contributed by atoms with Crippen LogP contribution in [0, 0.1) is 0 Å². The summed E-state index contributed by atoms with van der Waals surface area (Å²) in [4.78, 5) is 40.3. The van der Waals surface area contributed by atoms with Crippen molar-refractivity contribution in [3.05, 3.63) is 47.2 Å². The Balaban J connectivity index is 1.71. The number of aromatic nitrogens is 1. The Morgan fingerprint density at radius 1 is 0.938 bits per heavy atom. The molecule has 0 unspecified atom stereocenters. The third kappa shape index (κ3) is 9.91. The molecular formula is C23H29BrN4O4. The van der Waals surface area contributed by atoms with Crippen LogP contribution in [0.1, 0.15) is 52.9 Å². The van der Waals surface area contributed by atoms with Crippen LogP contribution >= 0.6 is 15.9 Å². The molecule has 172 valence electrons. The van der Waals surface area contributed by atoms with Crippen molar-refractivity contribution < 1.29 is 19.1 Å². The van der Waals surface area contributed by atoms with E-state index in [0.717, 1.165) is 16.6 Å². The van der Waals surface area contributed by atoms with E-state index >= 15 is 0 Å². The van der Waals surface area contributed by atoms with Gasteiger partial charge in [-0.15, -0.1) is 0 Å². The first-order valence-electron chi connectivity index (χ1n) is 10.4. The van der Waals surface area contributed by atoms with Crippen molar-refractivity contribution >= 4 is 50.9 Å². The van der Waals surface area contributed by atoms with Gasteiger partial charge in [-0.05, 0) is 57.9 Å². The van der Waals surface area contributed by atoms with Crippen LogP contribution in [0.4, 0.5) is 21.9 Å². The Bertz CT molecular complexity index is 944. The molecule has 0 aliphatic rings. The second-order valence-corrected chi connectivity index (χ2v) is 9.13. The lowest BCUT2D eigenvalue weighted by molar-refractivity contribution is -0.116. The Labute approximate surface area is 196 Å². The van der Waals surface area contributed by atoms with Crippen molar-refractivity contribution in [2.24, 2.45) is 0 Å². The molecule has 0 saturated carbocycles. The molecule has 1 aromatic heterocycles. The predicted molar refractivity (Wildman–Crippen MR) is 129 cm³/mol. The molecular weight excluding hydrogens is 476 g/mol. The van der Waals surface area contributed by atoms with Gasteiger partial charge in [0.25, 0.3) is 0 Å². The predicted octanol–water partition coefficient (Wildman–Crippen LogP) is 5.72. The quantitative estimate of drug-likeness (QED) is 0.378. The standard InChI is InChI=1S/C23H29BrN4O4/c1-23(2,3)32-22(31)28-18-12-13-25-15-19(18)27-21(30)11-6-4-5-10-20(29)26-17-9-7-8-16(24)14-17/h7-9,12-15H,4-6,10-11H2,1-3H3,(H,26,29)(H,27,30)(H,25,28,31). The number of carbonyl (C=O) groups is 3. The first-order valence-corrected chi connectivity index (χ1v) is 11.2. The van der Waals surface area contributed by atoms with E-state index in [1.807, 2.05) is 24.3 Å². The van der Waals surface area contributed by atoms with Gasteiger partial charge < -0.3 is 15.4 Å². The Hall–Kier alpha value is -2.94. The van der Waals surface area contributed by atoms with E-state index in [1.54, 1.807) is 26.8 Å². The molecule has 0 saturated heterocycles. The second kappa shape index (κ2) is 12.2. The molecule has 2 aromatic rings. The van der Waals surface area contributed by atoms with Gasteiger partial charge >= 0.3 is 6.09 Å². The number of ether oxygens (including phenoxy) is 1. The number of unbranched alkanes of at least 4 members (excludes halogenated alkanes) is 2. The van der Waals surface area contributed by atoms with Crippen LogP contribution in [-0.2, 0) is 14.3 Å². The molecule has 0 fully saturated rings. The highest BCUT2D eigenvalue weighted by Crippen LogP contribution is 2.21. The van der Waals surface area contributed by atoms with Crippen molar-refractivity contribution in [3.8, 4) is 0 Å². The SMILES string of the molecule is CC(C)(C)OC(=O)Nc1ccncc1NC(=O)CCCCCC(=O)Nc1cccc(Br)c1. The largest absolute Gasteiger partial charge is 0.444 e. The van der Waals surface area contributed by atoms with Crippen molar-refractivity contribution in [1.82, 2.24) is 4.98 Å².